The summed E-state index contributed by atoms with van der Waals surface area (Å²) >= 11 is 0. The average molecular weight is 242 g/mol. The van der Waals surface area contributed by atoms with E-state index in [1.807, 2.05) is 20.8 Å². The summed E-state index contributed by atoms with van der Waals surface area (Å²) in [6.07, 6.45) is 2.50. The van der Waals surface area contributed by atoms with Crippen LogP contribution in [0.4, 0.5) is 0 Å². The third-order valence-corrected chi connectivity index (χ3v) is 3.53. The predicted octanol–water partition coefficient (Wildman–Crippen LogP) is 0.840. The highest BCUT2D eigenvalue weighted by Gasteiger charge is 2.40. The Morgan fingerprint density at radius 1 is 1.53 bits per heavy atom. The Kier molecular flexibility index (Phi) is 4.51. The Balaban J connectivity index is 2.81. The predicted molar refractivity (Wildman–Crippen MR) is 64.7 cm³/mol. The number of nitrogens with zero attached hydrogens (tertiary/aromatic N) is 1. The number of nitrogens with one attached hydrogen (secondary N) is 1. The number of carbonyl (C=O) groups excluding carboxylic acids is 1. The molecule has 1 aliphatic heterocycles. The van der Waals surface area contributed by atoms with Gasteiger partial charge in [0.05, 0.1) is 5.54 Å². The van der Waals surface area contributed by atoms with Gasteiger partial charge in [-0.05, 0) is 39.7 Å². The third-order valence-electron chi connectivity index (χ3n) is 3.53. The molecule has 98 valence electrons. The minimum Gasteiger partial charge on any atom is -0.480 e. The minimum atomic E-state index is -0.958. The molecule has 5 nitrogen and oxygen atoms in total. The molecule has 2 unspecified atom stereocenters. The van der Waals surface area contributed by atoms with Crippen molar-refractivity contribution in [3.8, 4) is 0 Å². The molecule has 17 heavy (non-hydrogen) atoms. The summed E-state index contributed by atoms with van der Waals surface area (Å²) in [5.74, 6) is -1.05. The second kappa shape index (κ2) is 5.49. The lowest BCUT2D eigenvalue weighted by molar-refractivity contribution is -0.149. The van der Waals surface area contributed by atoms with Gasteiger partial charge < -0.3 is 15.3 Å². The molecule has 5 heteroatoms. The first-order valence-electron chi connectivity index (χ1n) is 6.18. The van der Waals surface area contributed by atoms with Crippen LogP contribution in [0.3, 0.4) is 0 Å². The summed E-state index contributed by atoms with van der Waals surface area (Å²) in [5, 5.41) is 12.1. The van der Waals surface area contributed by atoms with Crippen LogP contribution in [0.1, 0.15) is 40.0 Å². The van der Waals surface area contributed by atoms with Crippen LogP contribution < -0.4 is 5.32 Å². The number of carboxylic acids is 1. The van der Waals surface area contributed by atoms with Crippen LogP contribution in [0.2, 0.25) is 0 Å². The standard InChI is InChI=1S/C12H22N2O3/c1-4-9(2)14(8-10(15)16)11(17)12(3)6-5-7-13-12/h9,13H,4-8H2,1-3H3,(H,15,16). The third kappa shape index (κ3) is 3.19. The summed E-state index contributed by atoms with van der Waals surface area (Å²) in [6, 6.07) is -0.0437. The number of carbonyl (C=O) groups is 2. The monoisotopic (exact) mass is 242 g/mol. The summed E-state index contributed by atoms with van der Waals surface area (Å²) in [5.41, 5.74) is -0.584. The molecule has 2 N–H and O–H groups in total. The van der Waals surface area contributed by atoms with Crippen molar-refractivity contribution in [1.82, 2.24) is 10.2 Å². The molecule has 0 bridgehead atoms. The van der Waals surface area contributed by atoms with Crippen LogP contribution in [0.25, 0.3) is 0 Å². The normalized spacial score (nSPS) is 25.6. The van der Waals surface area contributed by atoms with Crippen molar-refractivity contribution in [3.63, 3.8) is 0 Å². The molecule has 1 rings (SSSR count). The van der Waals surface area contributed by atoms with Crippen molar-refractivity contribution in [1.29, 1.82) is 0 Å². The molecule has 0 aromatic rings. The highest BCUT2D eigenvalue weighted by Crippen LogP contribution is 2.22. The van der Waals surface area contributed by atoms with E-state index in [4.69, 9.17) is 5.11 Å². The number of rotatable bonds is 5. The highest BCUT2D eigenvalue weighted by molar-refractivity contribution is 5.89. The molecule has 0 spiro atoms. The quantitative estimate of drug-likeness (QED) is 0.749. The van der Waals surface area contributed by atoms with E-state index in [0.29, 0.717) is 0 Å². The fraction of sp³-hybridized carbons (Fsp3) is 0.833. The first-order valence-corrected chi connectivity index (χ1v) is 6.18. The fourth-order valence-electron chi connectivity index (χ4n) is 2.19. The van der Waals surface area contributed by atoms with Gasteiger partial charge in [0.25, 0.3) is 0 Å². The summed E-state index contributed by atoms with van der Waals surface area (Å²) < 4.78 is 0. The van der Waals surface area contributed by atoms with E-state index in [0.717, 1.165) is 25.8 Å². The molecule has 0 aromatic carbocycles. The largest absolute Gasteiger partial charge is 0.480 e. The van der Waals surface area contributed by atoms with E-state index in [1.54, 1.807) is 0 Å². The van der Waals surface area contributed by atoms with Crippen LogP contribution >= 0.6 is 0 Å². The van der Waals surface area contributed by atoms with E-state index in [-0.39, 0.29) is 18.5 Å². The molecule has 0 saturated carbocycles. The summed E-state index contributed by atoms with van der Waals surface area (Å²) in [7, 11) is 0. The molecule has 1 amide bonds. The Morgan fingerprint density at radius 2 is 2.18 bits per heavy atom. The lowest BCUT2D eigenvalue weighted by Gasteiger charge is -2.34. The Bertz CT molecular complexity index is 298. The number of hydrogen-bond donors (Lipinski definition) is 2. The van der Waals surface area contributed by atoms with Crippen LogP contribution in [0.15, 0.2) is 0 Å². The number of amides is 1. The second-order valence-corrected chi connectivity index (χ2v) is 4.95. The maximum atomic E-state index is 12.4. The van der Waals surface area contributed by atoms with Crippen molar-refractivity contribution >= 4 is 11.9 Å². The summed E-state index contributed by atoms with van der Waals surface area (Å²) in [4.78, 5) is 24.7. The topological polar surface area (TPSA) is 69.6 Å². The molecular weight excluding hydrogens is 220 g/mol. The van der Waals surface area contributed by atoms with Crippen molar-refractivity contribution in [2.75, 3.05) is 13.1 Å². The number of aliphatic carboxylic acids is 1. The van der Waals surface area contributed by atoms with Gasteiger partial charge in [-0.1, -0.05) is 6.92 Å². The van der Waals surface area contributed by atoms with E-state index >= 15 is 0 Å². The van der Waals surface area contributed by atoms with Gasteiger partial charge in [0.1, 0.15) is 6.54 Å². The maximum Gasteiger partial charge on any atom is 0.323 e. The summed E-state index contributed by atoms with van der Waals surface area (Å²) in [6.45, 7) is 6.31. The zero-order valence-electron chi connectivity index (χ0n) is 10.8. The van der Waals surface area contributed by atoms with Gasteiger partial charge in [-0.2, -0.15) is 0 Å². The van der Waals surface area contributed by atoms with Crippen molar-refractivity contribution in [2.24, 2.45) is 0 Å². The Labute approximate surface area is 102 Å². The van der Waals surface area contributed by atoms with Crippen molar-refractivity contribution in [2.45, 2.75) is 51.6 Å². The molecule has 1 fully saturated rings. The second-order valence-electron chi connectivity index (χ2n) is 4.95. The van der Waals surface area contributed by atoms with E-state index in [9.17, 15) is 9.59 Å². The first-order chi connectivity index (χ1) is 7.90. The molecule has 0 aromatic heterocycles. The first kappa shape index (κ1) is 14.0. The van der Waals surface area contributed by atoms with Gasteiger partial charge in [-0.3, -0.25) is 9.59 Å². The molecular formula is C12H22N2O3. The molecule has 1 aliphatic rings. The van der Waals surface area contributed by atoms with Crippen molar-refractivity contribution in [3.05, 3.63) is 0 Å². The zero-order valence-corrected chi connectivity index (χ0v) is 10.8. The molecule has 2 atom stereocenters. The molecule has 0 aliphatic carbocycles. The van der Waals surface area contributed by atoms with Crippen LogP contribution in [-0.4, -0.2) is 46.6 Å². The van der Waals surface area contributed by atoms with Crippen LogP contribution in [0.5, 0.6) is 0 Å². The fourth-order valence-corrected chi connectivity index (χ4v) is 2.19. The maximum absolute atomic E-state index is 12.4. The van der Waals surface area contributed by atoms with Gasteiger partial charge >= 0.3 is 5.97 Å². The van der Waals surface area contributed by atoms with E-state index in [1.165, 1.54) is 4.90 Å². The molecule has 1 heterocycles. The highest BCUT2D eigenvalue weighted by atomic mass is 16.4. The van der Waals surface area contributed by atoms with Gasteiger partial charge in [0.2, 0.25) is 5.91 Å². The van der Waals surface area contributed by atoms with Gasteiger partial charge in [0.15, 0.2) is 0 Å². The Morgan fingerprint density at radius 3 is 2.59 bits per heavy atom. The van der Waals surface area contributed by atoms with Gasteiger partial charge in [-0.15, -0.1) is 0 Å². The zero-order chi connectivity index (χ0) is 13.1. The van der Waals surface area contributed by atoms with E-state index < -0.39 is 11.5 Å². The molecule has 0 radical (unpaired) electrons. The number of carboxylic acid groups (broad SMARTS) is 1. The van der Waals surface area contributed by atoms with Crippen molar-refractivity contribution < 1.29 is 14.7 Å². The van der Waals surface area contributed by atoms with Crippen LogP contribution in [-0.2, 0) is 9.59 Å². The average Bonchev–Trinajstić information content (AvgIpc) is 2.72. The van der Waals surface area contributed by atoms with Gasteiger partial charge in [0, 0.05) is 6.04 Å². The Hall–Kier alpha value is -1.10. The smallest absolute Gasteiger partial charge is 0.323 e. The lowest BCUT2D eigenvalue weighted by atomic mass is 9.97. The minimum absolute atomic E-state index is 0.0437. The van der Waals surface area contributed by atoms with E-state index in [2.05, 4.69) is 5.32 Å². The van der Waals surface area contributed by atoms with Crippen LogP contribution in [0, 0.1) is 0 Å². The lowest BCUT2D eigenvalue weighted by Crippen LogP contribution is -2.56. The van der Waals surface area contributed by atoms with Gasteiger partial charge in [-0.25, -0.2) is 0 Å². The number of hydrogen-bond acceptors (Lipinski definition) is 3. The SMILES string of the molecule is CCC(C)N(CC(=O)O)C(=O)C1(C)CCCN1. The molecule has 1 saturated heterocycles.